The monoisotopic (exact) mass is 494 g/mol. The van der Waals surface area contributed by atoms with Crippen LogP contribution in [0.2, 0.25) is 0 Å². The first kappa shape index (κ1) is 23.1. The van der Waals surface area contributed by atoms with Crippen molar-refractivity contribution in [2.24, 2.45) is 4.40 Å². The van der Waals surface area contributed by atoms with Crippen LogP contribution in [0.25, 0.3) is 0 Å². The first-order chi connectivity index (χ1) is 15.6. The Morgan fingerprint density at radius 3 is 2.64 bits per heavy atom. The van der Waals surface area contributed by atoms with Crippen LogP contribution in [-0.2, 0) is 34.4 Å². The first-order valence-corrected chi connectivity index (χ1v) is 13.3. The van der Waals surface area contributed by atoms with E-state index in [1.807, 2.05) is 0 Å². The second-order valence-corrected chi connectivity index (χ2v) is 11.3. The molecule has 0 bridgehead atoms. The second-order valence-electron chi connectivity index (χ2n) is 7.61. The van der Waals surface area contributed by atoms with Crippen molar-refractivity contribution in [2.45, 2.75) is 17.7 Å². The number of fused-ring (bicyclic) bond motifs is 1. The molecule has 176 valence electrons. The lowest BCUT2D eigenvalue weighted by atomic mass is 10.2. The summed E-state index contributed by atoms with van der Waals surface area (Å²) in [6, 6.07) is 5.90. The largest absolute Gasteiger partial charge is 0.452 e. The number of carbonyl (C=O) groups excluding carboxylic acids is 2. The van der Waals surface area contributed by atoms with Gasteiger partial charge >= 0.3 is 5.97 Å². The topological polar surface area (TPSA) is 143 Å². The highest BCUT2D eigenvalue weighted by Crippen LogP contribution is 2.23. The Bertz CT molecular complexity index is 1280. The number of benzene rings is 1. The van der Waals surface area contributed by atoms with Gasteiger partial charge in [-0.2, -0.15) is 4.31 Å². The number of carbonyl (C=O) groups is 2. The molecule has 0 atom stereocenters. The third kappa shape index (κ3) is 5.31. The molecule has 0 radical (unpaired) electrons. The minimum absolute atomic E-state index is 0.0812. The van der Waals surface area contributed by atoms with Gasteiger partial charge in [0.25, 0.3) is 15.9 Å². The molecule has 33 heavy (non-hydrogen) atoms. The fourth-order valence-electron chi connectivity index (χ4n) is 3.55. The number of sulfonamides is 2. The van der Waals surface area contributed by atoms with Gasteiger partial charge in [0.1, 0.15) is 5.84 Å². The summed E-state index contributed by atoms with van der Waals surface area (Å²) in [5, 5.41) is 2.52. The Morgan fingerprint density at radius 2 is 1.88 bits per heavy atom. The van der Waals surface area contributed by atoms with E-state index in [9.17, 15) is 26.4 Å². The highest BCUT2D eigenvalue weighted by molar-refractivity contribution is 7.90. The van der Waals surface area contributed by atoms with Crippen molar-refractivity contribution in [3.63, 3.8) is 0 Å². The van der Waals surface area contributed by atoms with Crippen molar-refractivity contribution < 1.29 is 31.2 Å². The van der Waals surface area contributed by atoms with E-state index < -0.39 is 38.5 Å². The van der Waals surface area contributed by atoms with Gasteiger partial charge in [-0.25, -0.2) is 21.6 Å². The molecule has 3 heterocycles. The number of nitrogens with one attached hydrogen (secondary N) is 1. The number of ether oxygens (including phenoxy) is 1. The molecule has 11 nitrogen and oxygen atoms in total. The van der Waals surface area contributed by atoms with Gasteiger partial charge in [0.15, 0.2) is 6.61 Å². The molecule has 0 aliphatic carbocycles. The van der Waals surface area contributed by atoms with E-state index in [1.54, 1.807) is 6.07 Å². The van der Waals surface area contributed by atoms with E-state index in [4.69, 9.17) is 4.74 Å². The predicted molar refractivity (Wildman–Crippen MR) is 119 cm³/mol. The molecule has 13 heteroatoms. The van der Waals surface area contributed by atoms with Crippen LogP contribution >= 0.6 is 0 Å². The number of rotatable bonds is 6. The molecular formula is C20H22N4O7S2. The van der Waals surface area contributed by atoms with E-state index >= 15 is 0 Å². The predicted octanol–water partition coefficient (Wildman–Crippen LogP) is 0.450. The Morgan fingerprint density at radius 1 is 1.12 bits per heavy atom. The van der Waals surface area contributed by atoms with Crippen molar-refractivity contribution in [1.82, 2.24) is 9.21 Å². The van der Waals surface area contributed by atoms with Gasteiger partial charge in [-0.05, 0) is 43.2 Å². The number of amidine groups is 1. The standard InChI is InChI=1S/C20H22N4O7S2/c25-19(21-16-4-3-5-17(12-16)33(29,30)24-8-1-2-9-24)14-31-20(26)15-6-7-18-22-32(27,28)11-10-23(18)13-15/h3-7,12-13H,1-2,8-11,14H2,(H,21,25). The number of hydrogen-bond acceptors (Lipinski definition) is 8. The van der Waals surface area contributed by atoms with Crippen LogP contribution in [0.4, 0.5) is 5.69 Å². The Kier molecular flexibility index (Phi) is 6.36. The molecule has 4 rings (SSSR count). The minimum atomic E-state index is -3.62. The van der Waals surface area contributed by atoms with E-state index in [2.05, 4.69) is 9.71 Å². The third-order valence-electron chi connectivity index (χ3n) is 5.21. The molecule has 0 saturated carbocycles. The smallest absolute Gasteiger partial charge is 0.340 e. The lowest BCUT2D eigenvalue weighted by Crippen LogP contribution is -2.37. The summed E-state index contributed by atoms with van der Waals surface area (Å²) in [4.78, 5) is 26.1. The summed E-state index contributed by atoms with van der Waals surface area (Å²) in [7, 11) is -7.13. The van der Waals surface area contributed by atoms with Crippen LogP contribution in [0.15, 0.2) is 57.5 Å². The normalized spacial score (nSPS) is 19.9. The fraction of sp³-hybridized carbons (Fsp3) is 0.350. The van der Waals surface area contributed by atoms with Crippen molar-refractivity contribution in [1.29, 1.82) is 0 Å². The number of nitrogens with zero attached hydrogens (tertiary/aromatic N) is 3. The van der Waals surface area contributed by atoms with Gasteiger partial charge in [-0.15, -0.1) is 4.40 Å². The number of hydrogen-bond donors (Lipinski definition) is 1. The van der Waals surface area contributed by atoms with Crippen molar-refractivity contribution in [2.75, 3.05) is 37.3 Å². The minimum Gasteiger partial charge on any atom is -0.452 e. The SMILES string of the molecule is O=C(COC(=O)C1=CN2CCS(=O)(=O)N=C2C=C1)Nc1cccc(S(=O)(=O)N2CCCC2)c1. The van der Waals surface area contributed by atoms with E-state index in [0.29, 0.717) is 13.1 Å². The Labute approximate surface area is 191 Å². The first-order valence-electron chi connectivity index (χ1n) is 10.2. The molecule has 1 N–H and O–H groups in total. The molecule has 0 unspecified atom stereocenters. The maximum atomic E-state index is 12.7. The summed E-state index contributed by atoms with van der Waals surface area (Å²) >= 11 is 0. The highest BCUT2D eigenvalue weighted by Gasteiger charge is 2.28. The average Bonchev–Trinajstić information content (AvgIpc) is 3.33. The third-order valence-corrected chi connectivity index (χ3v) is 8.27. The van der Waals surface area contributed by atoms with Gasteiger partial charge < -0.3 is 15.0 Å². The van der Waals surface area contributed by atoms with E-state index in [-0.39, 0.29) is 34.3 Å². The lowest BCUT2D eigenvalue weighted by molar-refractivity contribution is -0.143. The summed E-state index contributed by atoms with van der Waals surface area (Å²) < 4.78 is 58.5. The van der Waals surface area contributed by atoms with Gasteiger partial charge in [-0.3, -0.25) is 4.79 Å². The molecule has 1 saturated heterocycles. The molecule has 0 aromatic heterocycles. The van der Waals surface area contributed by atoms with Crippen LogP contribution in [0, 0.1) is 0 Å². The maximum absolute atomic E-state index is 12.7. The summed E-state index contributed by atoms with van der Waals surface area (Å²) in [5.41, 5.74) is 0.406. The molecule has 1 fully saturated rings. The average molecular weight is 495 g/mol. The molecule has 1 amide bonds. The summed E-state index contributed by atoms with van der Waals surface area (Å²) in [5.74, 6) is -1.36. The lowest BCUT2D eigenvalue weighted by Gasteiger charge is -2.26. The van der Waals surface area contributed by atoms with Gasteiger partial charge in [0.05, 0.1) is 16.2 Å². The van der Waals surface area contributed by atoms with Gasteiger partial charge in [0, 0.05) is 31.5 Å². The molecular weight excluding hydrogens is 472 g/mol. The van der Waals surface area contributed by atoms with E-state index in [0.717, 1.165) is 12.8 Å². The van der Waals surface area contributed by atoms with Crippen molar-refractivity contribution in [3.8, 4) is 0 Å². The summed E-state index contributed by atoms with van der Waals surface area (Å²) in [6.07, 6.45) is 5.80. The Hall–Kier alpha value is -3.03. The Balaban J connectivity index is 1.34. The van der Waals surface area contributed by atoms with Crippen LogP contribution in [-0.4, -0.2) is 75.7 Å². The number of esters is 1. The maximum Gasteiger partial charge on any atom is 0.340 e. The van der Waals surface area contributed by atoms with Gasteiger partial charge in [-0.1, -0.05) is 6.07 Å². The highest BCUT2D eigenvalue weighted by atomic mass is 32.2. The van der Waals surface area contributed by atoms with Crippen molar-refractivity contribution in [3.05, 3.63) is 48.2 Å². The zero-order valence-electron chi connectivity index (χ0n) is 17.5. The molecule has 3 aliphatic heterocycles. The molecule has 1 aromatic carbocycles. The number of amides is 1. The quantitative estimate of drug-likeness (QED) is 0.562. The molecule has 3 aliphatic rings. The number of anilines is 1. The zero-order valence-corrected chi connectivity index (χ0v) is 19.1. The summed E-state index contributed by atoms with van der Waals surface area (Å²) in [6.45, 7) is 0.515. The zero-order chi connectivity index (χ0) is 23.6. The second kappa shape index (κ2) is 9.08. The van der Waals surface area contributed by atoms with Crippen LogP contribution in [0.5, 0.6) is 0 Å². The van der Waals surface area contributed by atoms with Crippen molar-refractivity contribution >= 4 is 43.4 Å². The van der Waals surface area contributed by atoms with Crippen LogP contribution in [0.3, 0.4) is 0 Å². The van der Waals surface area contributed by atoms with E-state index in [1.165, 1.54) is 45.8 Å². The van der Waals surface area contributed by atoms with Crippen LogP contribution in [0.1, 0.15) is 12.8 Å². The molecule has 1 aromatic rings. The fourth-order valence-corrected chi connectivity index (χ4v) is 6.08. The van der Waals surface area contributed by atoms with Crippen LogP contribution < -0.4 is 5.32 Å². The molecule has 0 spiro atoms. The van der Waals surface area contributed by atoms with Gasteiger partial charge in [0.2, 0.25) is 10.0 Å².